The van der Waals surface area contributed by atoms with E-state index >= 15 is 0 Å². The van der Waals surface area contributed by atoms with E-state index < -0.39 is 6.10 Å². The van der Waals surface area contributed by atoms with Gasteiger partial charge in [-0.3, -0.25) is 4.79 Å². The third-order valence-electron chi connectivity index (χ3n) is 4.24. The fourth-order valence-corrected chi connectivity index (χ4v) is 2.92. The zero-order chi connectivity index (χ0) is 18.1. The minimum atomic E-state index is -0.673. The maximum absolute atomic E-state index is 12.5. The van der Waals surface area contributed by atoms with Gasteiger partial charge in [-0.1, -0.05) is 11.6 Å². The van der Waals surface area contributed by atoms with Gasteiger partial charge in [-0.25, -0.2) is 0 Å². The van der Waals surface area contributed by atoms with E-state index in [1.165, 1.54) is 24.3 Å². The molecular formula is C20H20O5. The fraction of sp³-hybridized carbons (Fsp3) is 0.250. The minimum absolute atomic E-state index is 0.0642. The molecule has 0 spiro atoms. The Morgan fingerprint density at radius 2 is 1.92 bits per heavy atom. The molecule has 5 nitrogen and oxygen atoms in total. The highest BCUT2D eigenvalue weighted by Gasteiger charge is 2.31. The lowest BCUT2D eigenvalue weighted by Gasteiger charge is -2.28. The van der Waals surface area contributed by atoms with Gasteiger partial charge in [0.25, 0.3) is 0 Å². The average molecular weight is 340 g/mol. The number of ether oxygens (including phenoxy) is 1. The van der Waals surface area contributed by atoms with E-state index in [0.29, 0.717) is 28.9 Å². The summed E-state index contributed by atoms with van der Waals surface area (Å²) in [4.78, 5) is 12.5. The number of benzene rings is 2. The normalized spacial score (nSPS) is 16.1. The highest BCUT2D eigenvalue weighted by Crippen LogP contribution is 2.43. The van der Waals surface area contributed by atoms with Gasteiger partial charge in [-0.15, -0.1) is 0 Å². The third-order valence-corrected chi connectivity index (χ3v) is 4.24. The molecule has 1 aliphatic rings. The summed E-state index contributed by atoms with van der Waals surface area (Å²) in [7, 11) is 0. The van der Waals surface area contributed by atoms with Crippen molar-refractivity contribution in [1.82, 2.24) is 0 Å². The van der Waals surface area contributed by atoms with E-state index in [9.17, 15) is 20.1 Å². The highest BCUT2D eigenvalue weighted by molar-refractivity contribution is 6.00. The van der Waals surface area contributed by atoms with Gasteiger partial charge in [0, 0.05) is 17.2 Å². The molecule has 0 aliphatic carbocycles. The SMILES string of the molecule is CC(C)=CCc1c(O)ccc2c1O[C@@H](c1ccc(O)cc1O)CC2=O. The predicted molar refractivity (Wildman–Crippen MR) is 93.3 cm³/mol. The van der Waals surface area contributed by atoms with E-state index in [1.54, 1.807) is 6.07 Å². The largest absolute Gasteiger partial charge is 0.508 e. The summed E-state index contributed by atoms with van der Waals surface area (Å²) in [6.07, 6.45) is 1.80. The van der Waals surface area contributed by atoms with Gasteiger partial charge in [-0.05, 0) is 44.5 Å². The number of carbonyl (C=O) groups excluding carboxylic acids is 1. The lowest BCUT2D eigenvalue weighted by molar-refractivity contribution is 0.0844. The molecule has 5 heteroatoms. The van der Waals surface area contributed by atoms with Gasteiger partial charge in [0.1, 0.15) is 29.1 Å². The van der Waals surface area contributed by atoms with Crippen molar-refractivity contribution in [2.75, 3.05) is 0 Å². The van der Waals surface area contributed by atoms with E-state index in [0.717, 1.165) is 5.57 Å². The third kappa shape index (κ3) is 3.31. The van der Waals surface area contributed by atoms with Crippen LogP contribution in [-0.4, -0.2) is 21.1 Å². The summed E-state index contributed by atoms with van der Waals surface area (Å²) in [5.74, 6) is 0.112. The Kier molecular flexibility index (Phi) is 4.40. The molecule has 0 unspecified atom stereocenters. The van der Waals surface area contributed by atoms with Gasteiger partial charge >= 0.3 is 0 Å². The number of phenols is 3. The van der Waals surface area contributed by atoms with Crippen LogP contribution in [0.15, 0.2) is 42.0 Å². The Hall–Kier alpha value is -2.95. The Morgan fingerprint density at radius 1 is 1.16 bits per heavy atom. The van der Waals surface area contributed by atoms with Crippen molar-refractivity contribution in [2.24, 2.45) is 0 Å². The lowest BCUT2D eigenvalue weighted by Crippen LogP contribution is -2.21. The van der Waals surface area contributed by atoms with Crippen LogP contribution in [0.5, 0.6) is 23.0 Å². The van der Waals surface area contributed by atoms with Crippen LogP contribution in [0.1, 0.15) is 47.9 Å². The summed E-state index contributed by atoms with van der Waals surface area (Å²) < 4.78 is 6.00. The maximum Gasteiger partial charge on any atom is 0.170 e. The molecule has 0 aromatic heterocycles. The zero-order valence-corrected chi connectivity index (χ0v) is 14.1. The van der Waals surface area contributed by atoms with E-state index in [-0.39, 0.29) is 29.5 Å². The van der Waals surface area contributed by atoms with Crippen molar-refractivity contribution < 1.29 is 24.9 Å². The second kappa shape index (κ2) is 6.51. The molecule has 0 saturated carbocycles. The number of rotatable bonds is 3. The Labute approximate surface area is 145 Å². The maximum atomic E-state index is 12.5. The molecule has 2 aromatic rings. The van der Waals surface area contributed by atoms with E-state index in [4.69, 9.17) is 4.74 Å². The number of ketones is 1. The minimum Gasteiger partial charge on any atom is -0.508 e. The molecule has 1 aliphatic heterocycles. The predicted octanol–water partition coefficient (Wildman–Crippen LogP) is 4.02. The first-order valence-electron chi connectivity index (χ1n) is 8.06. The van der Waals surface area contributed by atoms with Crippen molar-refractivity contribution in [3.63, 3.8) is 0 Å². The monoisotopic (exact) mass is 340 g/mol. The van der Waals surface area contributed by atoms with Crippen molar-refractivity contribution >= 4 is 5.78 Å². The second-order valence-electron chi connectivity index (χ2n) is 6.40. The molecule has 0 fully saturated rings. The zero-order valence-electron chi connectivity index (χ0n) is 14.1. The number of allylic oxidation sites excluding steroid dienone is 2. The van der Waals surface area contributed by atoms with Crippen molar-refractivity contribution in [2.45, 2.75) is 32.8 Å². The molecule has 1 atom stereocenters. The van der Waals surface area contributed by atoms with Gasteiger partial charge in [-0.2, -0.15) is 0 Å². The molecule has 0 saturated heterocycles. The number of Topliss-reactive ketones (excluding diaryl/α,β-unsaturated/α-hetero) is 1. The van der Waals surface area contributed by atoms with Crippen LogP contribution in [0.3, 0.4) is 0 Å². The van der Waals surface area contributed by atoms with Gasteiger partial charge in [0.15, 0.2) is 5.78 Å². The van der Waals surface area contributed by atoms with Gasteiger partial charge < -0.3 is 20.1 Å². The molecule has 3 N–H and O–H groups in total. The standard InChI is InChI=1S/C20H20O5/c1-11(2)3-5-14-16(22)8-7-15-18(24)10-19(25-20(14)15)13-6-4-12(21)9-17(13)23/h3-4,6-9,19,21-23H,5,10H2,1-2H3/t19-/m1/s1. The van der Waals surface area contributed by atoms with Crippen LogP contribution >= 0.6 is 0 Å². The van der Waals surface area contributed by atoms with Crippen molar-refractivity contribution in [1.29, 1.82) is 0 Å². The summed E-state index contributed by atoms with van der Waals surface area (Å²) in [5.41, 5.74) is 2.50. The van der Waals surface area contributed by atoms with Crippen molar-refractivity contribution in [3.05, 3.63) is 58.7 Å². The number of hydrogen-bond acceptors (Lipinski definition) is 5. The topological polar surface area (TPSA) is 87.0 Å². The number of carbonyl (C=O) groups is 1. The first-order valence-corrected chi connectivity index (χ1v) is 8.06. The first kappa shape index (κ1) is 16.9. The van der Waals surface area contributed by atoms with Crippen LogP contribution in [-0.2, 0) is 6.42 Å². The number of aromatic hydroxyl groups is 3. The van der Waals surface area contributed by atoms with Crippen molar-refractivity contribution in [3.8, 4) is 23.0 Å². The smallest absolute Gasteiger partial charge is 0.170 e. The summed E-state index contributed by atoms with van der Waals surface area (Å²) in [6.45, 7) is 3.91. The Bertz CT molecular complexity index is 863. The lowest BCUT2D eigenvalue weighted by atomic mass is 9.92. The number of phenolic OH excluding ortho intramolecular Hbond substituents is 3. The van der Waals surface area contributed by atoms with Gasteiger partial charge in [0.05, 0.1) is 12.0 Å². The molecule has 130 valence electrons. The molecule has 25 heavy (non-hydrogen) atoms. The van der Waals surface area contributed by atoms with Crippen LogP contribution in [0.4, 0.5) is 0 Å². The molecule has 3 rings (SSSR count). The summed E-state index contributed by atoms with van der Waals surface area (Å²) in [6, 6.07) is 7.25. The Morgan fingerprint density at radius 3 is 2.60 bits per heavy atom. The van der Waals surface area contributed by atoms with E-state index in [1.807, 2.05) is 19.9 Å². The molecule has 2 aromatic carbocycles. The first-order chi connectivity index (χ1) is 11.9. The van der Waals surface area contributed by atoms with Crippen LogP contribution < -0.4 is 4.74 Å². The molecule has 0 radical (unpaired) electrons. The number of hydrogen-bond donors (Lipinski definition) is 3. The fourth-order valence-electron chi connectivity index (χ4n) is 2.92. The molecule has 0 bridgehead atoms. The second-order valence-corrected chi connectivity index (χ2v) is 6.40. The quantitative estimate of drug-likeness (QED) is 0.735. The highest BCUT2D eigenvalue weighted by atomic mass is 16.5. The van der Waals surface area contributed by atoms with E-state index in [2.05, 4.69) is 0 Å². The molecule has 0 amide bonds. The summed E-state index contributed by atoms with van der Waals surface area (Å²) in [5, 5.41) is 29.7. The van der Waals surface area contributed by atoms with Crippen LogP contribution in [0, 0.1) is 0 Å². The van der Waals surface area contributed by atoms with Crippen LogP contribution in [0.25, 0.3) is 0 Å². The Balaban J connectivity index is 2.04. The average Bonchev–Trinajstić information content (AvgIpc) is 2.53. The molecule has 1 heterocycles. The number of fused-ring (bicyclic) bond motifs is 1. The molecular weight excluding hydrogens is 320 g/mol. The van der Waals surface area contributed by atoms with Crippen LogP contribution in [0.2, 0.25) is 0 Å². The van der Waals surface area contributed by atoms with Gasteiger partial charge in [0.2, 0.25) is 0 Å². The summed E-state index contributed by atoms with van der Waals surface area (Å²) >= 11 is 0.